The van der Waals surface area contributed by atoms with Crippen LogP contribution in [0.1, 0.15) is 56.0 Å². The van der Waals surface area contributed by atoms with Gasteiger partial charge in [0.2, 0.25) is 5.91 Å². The number of hydrogen-bond donors (Lipinski definition) is 2. The van der Waals surface area contributed by atoms with Crippen LogP contribution in [0.5, 0.6) is 0 Å². The molecule has 1 aliphatic heterocycles. The van der Waals surface area contributed by atoms with Gasteiger partial charge in [-0.15, -0.1) is 0 Å². The smallest absolute Gasteiger partial charge is 0.251 e. The molecule has 1 saturated heterocycles. The second kappa shape index (κ2) is 7.79. The first-order valence-electron chi connectivity index (χ1n) is 8.71. The molecule has 24 heavy (non-hydrogen) atoms. The van der Waals surface area contributed by atoms with Crippen molar-refractivity contribution in [3.63, 3.8) is 0 Å². The van der Waals surface area contributed by atoms with E-state index in [0.29, 0.717) is 17.8 Å². The highest BCUT2D eigenvalue weighted by Gasteiger charge is 2.28. The maximum Gasteiger partial charge on any atom is 0.251 e. The number of hydrogen-bond acceptors (Lipinski definition) is 3. The summed E-state index contributed by atoms with van der Waals surface area (Å²) in [5.74, 6) is -0.242. The summed E-state index contributed by atoms with van der Waals surface area (Å²) in [5.41, 5.74) is 2.14. The van der Waals surface area contributed by atoms with Gasteiger partial charge >= 0.3 is 0 Å². The van der Waals surface area contributed by atoms with E-state index in [4.69, 9.17) is 0 Å². The lowest BCUT2D eigenvalue weighted by Crippen LogP contribution is -2.53. The van der Waals surface area contributed by atoms with Crippen LogP contribution in [0, 0.1) is 6.92 Å². The molecule has 0 aliphatic carbocycles. The highest BCUT2D eigenvalue weighted by molar-refractivity contribution is 5.97. The second-order valence-electron chi connectivity index (χ2n) is 7.25. The van der Waals surface area contributed by atoms with Crippen molar-refractivity contribution >= 4 is 17.5 Å². The molecule has 2 rings (SSSR count). The van der Waals surface area contributed by atoms with Crippen LogP contribution >= 0.6 is 0 Å². The molecule has 1 heterocycles. The van der Waals surface area contributed by atoms with E-state index in [0.717, 1.165) is 18.7 Å². The van der Waals surface area contributed by atoms with Crippen LogP contribution in [0.25, 0.3) is 0 Å². The van der Waals surface area contributed by atoms with Crippen LogP contribution < -0.4 is 10.6 Å². The normalized spacial score (nSPS) is 15.8. The van der Waals surface area contributed by atoms with Gasteiger partial charge in [-0.3, -0.25) is 14.5 Å². The maximum atomic E-state index is 12.5. The molecule has 1 aromatic carbocycles. The van der Waals surface area contributed by atoms with E-state index in [-0.39, 0.29) is 17.4 Å². The Morgan fingerprint density at radius 3 is 2.46 bits per heavy atom. The minimum absolute atomic E-state index is 0.0543. The largest absolute Gasteiger partial charge is 0.350 e. The van der Waals surface area contributed by atoms with Gasteiger partial charge in [0, 0.05) is 30.3 Å². The summed E-state index contributed by atoms with van der Waals surface area (Å²) in [6.07, 6.45) is 3.76. The van der Waals surface area contributed by atoms with Crippen LogP contribution in [0.4, 0.5) is 5.69 Å². The van der Waals surface area contributed by atoms with Crippen LogP contribution in [-0.4, -0.2) is 41.9 Å². The highest BCUT2D eigenvalue weighted by Crippen LogP contribution is 2.20. The number of nitrogens with one attached hydrogen (secondary N) is 2. The van der Waals surface area contributed by atoms with Crippen LogP contribution in [0.15, 0.2) is 18.2 Å². The van der Waals surface area contributed by atoms with Gasteiger partial charge in [-0.25, -0.2) is 0 Å². The minimum Gasteiger partial charge on any atom is -0.350 e. The molecule has 5 nitrogen and oxygen atoms in total. The Kier molecular flexibility index (Phi) is 5.99. The minimum atomic E-state index is -0.137. The third-order valence-corrected chi connectivity index (χ3v) is 4.70. The lowest BCUT2D eigenvalue weighted by Gasteiger charge is -2.41. The molecule has 0 bridgehead atoms. The van der Waals surface area contributed by atoms with Gasteiger partial charge in [-0.05, 0) is 64.4 Å². The number of nitrogens with zero attached hydrogens (tertiary/aromatic N) is 1. The number of anilines is 1. The zero-order valence-electron chi connectivity index (χ0n) is 15.2. The van der Waals surface area contributed by atoms with Crippen molar-refractivity contribution in [2.45, 2.75) is 52.5 Å². The number of benzene rings is 1. The van der Waals surface area contributed by atoms with Crippen molar-refractivity contribution in [1.82, 2.24) is 10.2 Å². The van der Waals surface area contributed by atoms with E-state index >= 15 is 0 Å². The summed E-state index contributed by atoms with van der Waals surface area (Å²) in [7, 11) is 0. The standard InChI is InChI=1S/C19H29N3O2/c1-14-8-9-16(12-17(14)21-15(2)23)18(24)20-13-19(3,4)22-10-6-5-7-11-22/h8-9,12H,5-7,10-11,13H2,1-4H3,(H,20,24)(H,21,23). The van der Waals surface area contributed by atoms with Crippen LogP contribution in [-0.2, 0) is 4.79 Å². The first-order chi connectivity index (χ1) is 11.3. The maximum absolute atomic E-state index is 12.5. The van der Waals surface area contributed by atoms with Crippen molar-refractivity contribution in [3.8, 4) is 0 Å². The van der Waals surface area contributed by atoms with Gasteiger partial charge in [0.1, 0.15) is 0 Å². The molecule has 1 fully saturated rings. The first-order valence-corrected chi connectivity index (χ1v) is 8.71. The molecule has 0 atom stereocenters. The van der Waals surface area contributed by atoms with Gasteiger partial charge in [0.05, 0.1) is 0 Å². The molecule has 1 aliphatic rings. The number of amides is 2. The van der Waals surface area contributed by atoms with Gasteiger partial charge in [-0.2, -0.15) is 0 Å². The van der Waals surface area contributed by atoms with Crippen molar-refractivity contribution in [2.75, 3.05) is 25.0 Å². The number of likely N-dealkylation sites (tertiary alicyclic amines) is 1. The molecule has 0 spiro atoms. The van der Waals surface area contributed by atoms with Crippen molar-refractivity contribution < 1.29 is 9.59 Å². The fourth-order valence-corrected chi connectivity index (χ4v) is 3.10. The third-order valence-electron chi connectivity index (χ3n) is 4.70. The zero-order chi connectivity index (χ0) is 17.7. The van der Waals surface area contributed by atoms with E-state index in [9.17, 15) is 9.59 Å². The Bertz CT molecular complexity index is 605. The Hall–Kier alpha value is -1.88. The highest BCUT2D eigenvalue weighted by atomic mass is 16.2. The molecular weight excluding hydrogens is 302 g/mol. The van der Waals surface area contributed by atoms with E-state index in [1.165, 1.54) is 26.2 Å². The van der Waals surface area contributed by atoms with E-state index < -0.39 is 0 Å². The zero-order valence-corrected chi connectivity index (χ0v) is 15.2. The Morgan fingerprint density at radius 1 is 1.17 bits per heavy atom. The quantitative estimate of drug-likeness (QED) is 0.872. The summed E-state index contributed by atoms with van der Waals surface area (Å²) >= 11 is 0. The van der Waals surface area contributed by atoms with Crippen molar-refractivity contribution in [3.05, 3.63) is 29.3 Å². The molecule has 0 aromatic heterocycles. The SMILES string of the molecule is CC(=O)Nc1cc(C(=O)NCC(C)(C)N2CCCCC2)ccc1C. The van der Waals surface area contributed by atoms with Gasteiger partial charge < -0.3 is 10.6 Å². The average Bonchev–Trinajstić information content (AvgIpc) is 2.55. The summed E-state index contributed by atoms with van der Waals surface area (Å²) in [6.45, 7) is 10.5. The molecule has 5 heteroatoms. The molecule has 132 valence electrons. The summed E-state index contributed by atoms with van der Waals surface area (Å²) in [6, 6.07) is 5.39. The average molecular weight is 331 g/mol. The summed E-state index contributed by atoms with van der Waals surface area (Å²) < 4.78 is 0. The number of aryl methyl sites for hydroxylation is 1. The van der Waals surface area contributed by atoms with Crippen molar-refractivity contribution in [2.24, 2.45) is 0 Å². The lowest BCUT2D eigenvalue weighted by molar-refractivity contribution is -0.114. The third kappa shape index (κ3) is 4.81. The fraction of sp³-hybridized carbons (Fsp3) is 0.579. The van der Waals surface area contributed by atoms with Gasteiger partial charge in [0.25, 0.3) is 5.91 Å². The Morgan fingerprint density at radius 2 is 1.83 bits per heavy atom. The van der Waals surface area contributed by atoms with E-state index in [1.807, 2.05) is 13.0 Å². The van der Waals surface area contributed by atoms with Gasteiger partial charge in [0.15, 0.2) is 0 Å². The molecule has 0 saturated carbocycles. The monoisotopic (exact) mass is 331 g/mol. The molecule has 0 radical (unpaired) electrons. The topological polar surface area (TPSA) is 61.4 Å². The Labute approximate surface area is 144 Å². The fourth-order valence-electron chi connectivity index (χ4n) is 3.10. The van der Waals surface area contributed by atoms with Crippen molar-refractivity contribution in [1.29, 1.82) is 0 Å². The molecular formula is C19H29N3O2. The molecule has 2 amide bonds. The summed E-state index contributed by atoms with van der Waals surface area (Å²) in [5, 5.41) is 5.81. The lowest BCUT2D eigenvalue weighted by atomic mass is 9.98. The predicted molar refractivity (Wildman–Crippen MR) is 97.3 cm³/mol. The number of piperidine rings is 1. The molecule has 0 unspecified atom stereocenters. The van der Waals surface area contributed by atoms with E-state index in [2.05, 4.69) is 29.4 Å². The molecule has 1 aromatic rings. The molecule has 2 N–H and O–H groups in total. The summed E-state index contributed by atoms with van der Waals surface area (Å²) in [4.78, 5) is 26.2. The van der Waals surface area contributed by atoms with E-state index in [1.54, 1.807) is 12.1 Å². The van der Waals surface area contributed by atoms with Crippen LogP contribution in [0.3, 0.4) is 0 Å². The number of carbonyl (C=O) groups excluding carboxylic acids is 2. The van der Waals surface area contributed by atoms with Gasteiger partial charge in [-0.1, -0.05) is 12.5 Å². The Balaban J connectivity index is 2.00. The second-order valence-corrected chi connectivity index (χ2v) is 7.25. The predicted octanol–water partition coefficient (Wildman–Crippen LogP) is 2.95. The number of rotatable bonds is 5. The van der Waals surface area contributed by atoms with Crippen LogP contribution in [0.2, 0.25) is 0 Å². The number of carbonyl (C=O) groups is 2. The first kappa shape index (κ1) is 18.5.